The van der Waals surface area contributed by atoms with Crippen LogP contribution in [-0.4, -0.2) is 37.2 Å². The highest BCUT2D eigenvalue weighted by atomic mass is 16.6. The first-order valence-corrected chi connectivity index (χ1v) is 29.1. The molecule has 6 heteroatoms. The van der Waals surface area contributed by atoms with E-state index in [1.807, 2.05) is 6.08 Å². The molecule has 0 aromatic rings. The molecule has 0 unspecified atom stereocenters. The number of unbranched alkanes of at least 4 members (excludes halogenated alkanes) is 27. The summed E-state index contributed by atoms with van der Waals surface area (Å²) in [6, 6.07) is 0. The van der Waals surface area contributed by atoms with Gasteiger partial charge >= 0.3 is 17.9 Å². The summed E-state index contributed by atoms with van der Waals surface area (Å²) in [6.07, 6.45) is 74.4. The minimum Gasteiger partial charge on any atom is -0.462 e. The molecule has 0 radical (unpaired) electrons. The highest BCUT2D eigenvalue weighted by Crippen LogP contribution is 2.16. The van der Waals surface area contributed by atoms with E-state index in [4.69, 9.17) is 14.2 Å². The van der Waals surface area contributed by atoms with Crippen LogP contribution in [0.3, 0.4) is 0 Å². The monoisotopic (exact) mass is 961 g/mol. The zero-order valence-electron chi connectivity index (χ0n) is 45.3. The van der Waals surface area contributed by atoms with Gasteiger partial charge in [0.25, 0.3) is 0 Å². The molecule has 0 aromatic heterocycles. The normalized spacial score (nSPS) is 12.7. The summed E-state index contributed by atoms with van der Waals surface area (Å²) in [5.74, 6) is -0.995. The lowest BCUT2D eigenvalue weighted by molar-refractivity contribution is -0.166. The standard InChI is InChI=1S/C63H108O6/c1-4-7-10-13-16-19-22-25-28-30-31-33-35-38-41-44-47-50-53-56-62(65)68-59-60(58-67-61(64)55-52-49-46-43-40-37-34-27-24-21-18-15-12-9-6-3)69-63(66)57-54-51-48-45-42-39-36-32-29-26-23-20-17-14-11-8-5-2/h16,18-19,21,25,27-28,31,33-34,38,41,47,50,60H,4-15,17,20,22-24,26,29-30,32,35-37,39-40,42-46,48-49,51-59H2,1-3H3/b19-16-,21-18-,28-25-,33-31-,34-27-,41-38-,50-47-/t60-/m0/s1. The summed E-state index contributed by atoms with van der Waals surface area (Å²) in [7, 11) is 0. The highest BCUT2D eigenvalue weighted by molar-refractivity contribution is 5.71. The van der Waals surface area contributed by atoms with Crippen LogP contribution in [0.5, 0.6) is 0 Å². The summed E-state index contributed by atoms with van der Waals surface area (Å²) in [5, 5.41) is 0. The number of hydrogen-bond donors (Lipinski definition) is 0. The molecule has 0 heterocycles. The maximum atomic E-state index is 12.9. The summed E-state index contributed by atoms with van der Waals surface area (Å²) >= 11 is 0. The van der Waals surface area contributed by atoms with E-state index in [1.165, 1.54) is 141 Å². The molecule has 396 valence electrons. The van der Waals surface area contributed by atoms with E-state index in [2.05, 4.69) is 99.8 Å². The van der Waals surface area contributed by atoms with Crippen LogP contribution >= 0.6 is 0 Å². The second-order valence-electron chi connectivity index (χ2n) is 19.2. The Labute approximate surface area is 426 Å². The fraction of sp³-hybridized carbons (Fsp3) is 0.730. The van der Waals surface area contributed by atoms with Crippen molar-refractivity contribution in [2.24, 2.45) is 0 Å². The molecule has 1 atom stereocenters. The number of carbonyl (C=O) groups is 3. The van der Waals surface area contributed by atoms with Gasteiger partial charge in [-0.1, -0.05) is 254 Å². The van der Waals surface area contributed by atoms with E-state index < -0.39 is 6.10 Å². The lowest BCUT2D eigenvalue weighted by atomic mass is 10.0. The average Bonchev–Trinajstić information content (AvgIpc) is 3.35. The number of ether oxygens (including phenoxy) is 3. The predicted octanol–water partition coefficient (Wildman–Crippen LogP) is 19.5. The van der Waals surface area contributed by atoms with Crippen LogP contribution in [0.2, 0.25) is 0 Å². The number of rotatable bonds is 52. The minimum atomic E-state index is -0.811. The van der Waals surface area contributed by atoms with Crippen molar-refractivity contribution in [3.8, 4) is 0 Å². The van der Waals surface area contributed by atoms with E-state index in [-0.39, 0.29) is 37.5 Å². The Kier molecular flexibility index (Phi) is 54.3. The van der Waals surface area contributed by atoms with E-state index >= 15 is 0 Å². The molecule has 0 rings (SSSR count). The molecule has 0 saturated carbocycles. The Morgan fingerprint density at radius 3 is 0.928 bits per heavy atom. The van der Waals surface area contributed by atoms with E-state index in [1.54, 1.807) is 0 Å². The van der Waals surface area contributed by atoms with E-state index in [9.17, 15) is 14.4 Å². The SMILES string of the molecule is CCCCC/C=C\C/C=C\C/C=C\C/C=C\C/C=C\CCC(=O)OC[C@H](COC(=O)CCCCCCC/C=C\C/C=C\CCCCC)OC(=O)CCCCCCCCCCCCCCCCCCC. The Morgan fingerprint density at radius 2 is 0.551 bits per heavy atom. The van der Waals surface area contributed by atoms with Crippen LogP contribution in [-0.2, 0) is 28.6 Å². The summed E-state index contributed by atoms with van der Waals surface area (Å²) in [4.78, 5) is 38.1. The zero-order valence-corrected chi connectivity index (χ0v) is 45.3. The molecule has 0 aliphatic heterocycles. The molecule has 0 amide bonds. The number of allylic oxidation sites excluding steroid dienone is 14. The third-order valence-corrected chi connectivity index (χ3v) is 12.4. The van der Waals surface area contributed by atoms with Crippen molar-refractivity contribution in [2.75, 3.05) is 13.2 Å². The number of carbonyl (C=O) groups excluding carboxylic acids is 3. The zero-order chi connectivity index (χ0) is 50.0. The van der Waals surface area contributed by atoms with Crippen LogP contribution in [0.25, 0.3) is 0 Å². The van der Waals surface area contributed by atoms with E-state index in [0.717, 1.165) is 89.9 Å². The van der Waals surface area contributed by atoms with Gasteiger partial charge in [0.05, 0.1) is 0 Å². The van der Waals surface area contributed by atoms with Gasteiger partial charge in [-0.05, 0) is 89.9 Å². The Morgan fingerprint density at radius 1 is 0.290 bits per heavy atom. The van der Waals surface area contributed by atoms with Crippen molar-refractivity contribution in [1.82, 2.24) is 0 Å². The molecular weight excluding hydrogens is 853 g/mol. The lowest BCUT2D eigenvalue weighted by Crippen LogP contribution is -2.30. The molecule has 0 N–H and O–H groups in total. The molecule has 0 aliphatic carbocycles. The van der Waals surface area contributed by atoms with Crippen molar-refractivity contribution in [1.29, 1.82) is 0 Å². The van der Waals surface area contributed by atoms with Gasteiger partial charge in [-0.25, -0.2) is 0 Å². The predicted molar refractivity (Wildman–Crippen MR) is 297 cm³/mol. The maximum Gasteiger partial charge on any atom is 0.306 e. The van der Waals surface area contributed by atoms with Gasteiger partial charge in [0, 0.05) is 19.3 Å². The molecule has 69 heavy (non-hydrogen) atoms. The molecule has 0 fully saturated rings. The first kappa shape index (κ1) is 65.6. The van der Waals surface area contributed by atoms with Crippen LogP contribution < -0.4 is 0 Å². The number of hydrogen-bond acceptors (Lipinski definition) is 6. The molecular formula is C63H108O6. The third kappa shape index (κ3) is 55.4. The molecule has 0 aliphatic rings. The van der Waals surface area contributed by atoms with Gasteiger partial charge in [-0.2, -0.15) is 0 Å². The second kappa shape index (κ2) is 57.2. The van der Waals surface area contributed by atoms with Crippen molar-refractivity contribution in [3.05, 3.63) is 85.1 Å². The first-order chi connectivity index (χ1) is 34.0. The molecule has 0 aromatic carbocycles. The van der Waals surface area contributed by atoms with E-state index in [0.29, 0.717) is 19.3 Å². The third-order valence-electron chi connectivity index (χ3n) is 12.4. The number of esters is 3. The van der Waals surface area contributed by atoms with Crippen LogP contribution in [0.15, 0.2) is 85.1 Å². The van der Waals surface area contributed by atoms with Crippen LogP contribution in [0.1, 0.15) is 278 Å². The Balaban J connectivity index is 4.50. The van der Waals surface area contributed by atoms with Gasteiger partial charge in [0.1, 0.15) is 13.2 Å². The van der Waals surface area contributed by atoms with Gasteiger partial charge < -0.3 is 14.2 Å². The summed E-state index contributed by atoms with van der Waals surface area (Å²) in [6.45, 7) is 6.53. The Hall–Kier alpha value is -3.41. The van der Waals surface area contributed by atoms with Gasteiger partial charge in [0.2, 0.25) is 0 Å². The minimum absolute atomic E-state index is 0.105. The molecule has 0 bridgehead atoms. The quantitative estimate of drug-likeness (QED) is 0.0262. The van der Waals surface area contributed by atoms with Gasteiger partial charge in [-0.3, -0.25) is 14.4 Å². The molecule has 6 nitrogen and oxygen atoms in total. The van der Waals surface area contributed by atoms with Crippen molar-refractivity contribution >= 4 is 17.9 Å². The lowest BCUT2D eigenvalue weighted by Gasteiger charge is -2.18. The van der Waals surface area contributed by atoms with Crippen molar-refractivity contribution in [2.45, 2.75) is 284 Å². The van der Waals surface area contributed by atoms with Gasteiger partial charge in [-0.15, -0.1) is 0 Å². The summed E-state index contributed by atoms with van der Waals surface area (Å²) < 4.78 is 16.8. The fourth-order valence-corrected chi connectivity index (χ4v) is 7.99. The van der Waals surface area contributed by atoms with Crippen LogP contribution in [0, 0.1) is 0 Å². The molecule has 0 spiro atoms. The summed E-state index contributed by atoms with van der Waals surface area (Å²) in [5.41, 5.74) is 0. The van der Waals surface area contributed by atoms with Crippen molar-refractivity contribution < 1.29 is 28.6 Å². The van der Waals surface area contributed by atoms with Gasteiger partial charge in [0.15, 0.2) is 6.10 Å². The average molecular weight is 962 g/mol. The van der Waals surface area contributed by atoms with Crippen molar-refractivity contribution in [3.63, 3.8) is 0 Å². The molecule has 0 saturated heterocycles. The second-order valence-corrected chi connectivity index (χ2v) is 19.2. The fourth-order valence-electron chi connectivity index (χ4n) is 7.99. The first-order valence-electron chi connectivity index (χ1n) is 29.1. The highest BCUT2D eigenvalue weighted by Gasteiger charge is 2.19. The Bertz CT molecular complexity index is 1330. The van der Waals surface area contributed by atoms with Crippen LogP contribution in [0.4, 0.5) is 0 Å². The maximum absolute atomic E-state index is 12.9. The topological polar surface area (TPSA) is 78.9 Å². The largest absolute Gasteiger partial charge is 0.462 e. The smallest absolute Gasteiger partial charge is 0.306 e.